The molecule has 1 unspecified atom stereocenters. The molecule has 1 atom stereocenters. The number of hydrogen-bond acceptors (Lipinski definition) is 5. The van der Waals surface area contributed by atoms with Gasteiger partial charge in [-0.3, -0.25) is 14.5 Å². The average Bonchev–Trinajstić information content (AvgIpc) is 3.26. The molecule has 0 spiro atoms. The van der Waals surface area contributed by atoms with Gasteiger partial charge >= 0.3 is 5.97 Å². The van der Waals surface area contributed by atoms with Crippen molar-refractivity contribution in [2.45, 2.75) is 18.9 Å². The number of halogens is 1. The Kier molecular flexibility index (Phi) is 4.68. The number of nitrogens with zero attached hydrogens (tertiary/aromatic N) is 1. The van der Waals surface area contributed by atoms with E-state index in [0.717, 1.165) is 12.8 Å². The van der Waals surface area contributed by atoms with Gasteiger partial charge in [0, 0.05) is 6.61 Å². The zero-order valence-electron chi connectivity index (χ0n) is 14.3. The van der Waals surface area contributed by atoms with Crippen molar-refractivity contribution >= 4 is 29.4 Å². The Bertz CT molecular complexity index is 936. The van der Waals surface area contributed by atoms with Crippen LogP contribution in [0.25, 0.3) is 0 Å². The SMILES string of the molecule is O=C(Oc1ccccc1Cl)c1ccc2c(c1)C(=O)N(CC1CCCO1)C2=O. The van der Waals surface area contributed by atoms with Crippen LogP contribution in [0.2, 0.25) is 5.02 Å². The smallest absolute Gasteiger partial charge is 0.343 e. The highest BCUT2D eigenvalue weighted by molar-refractivity contribution is 6.32. The lowest BCUT2D eigenvalue weighted by Gasteiger charge is -2.17. The van der Waals surface area contributed by atoms with Crippen molar-refractivity contribution in [3.05, 3.63) is 64.2 Å². The topological polar surface area (TPSA) is 72.9 Å². The van der Waals surface area contributed by atoms with Gasteiger partial charge < -0.3 is 9.47 Å². The Morgan fingerprint density at radius 1 is 1.15 bits per heavy atom. The molecular formula is C20H16ClNO5. The van der Waals surface area contributed by atoms with Gasteiger partial charge in [-0.2, -0.15) is 0 Å². The maximum atomic E-state index is 12.7. The first-order valence-corrected chi connectivity index (χ1v) is 9.01. The van der Waals surface area contributed by atoms with Gasteiger partial charge in [-0.15, -0.1) is 0 Å². The molecule has 0 N–H and O–H groups in total. The van der Waals surface area contributed by atoms with Crippen molar-refractivity contribution in [3.8, 4) is 5.75 Å². The van der Waals surface area contributed by atoms with Crippen LogP contribution in [0.15, 0.2) is 42.5 Å². The summed E-state index contributed by atoms with van der Waals surface area (Å²) in [5, 5.41) is 0.306. The molecule has 1 saturated heterocycles. The molecule has 1 fully saturated rings. The minimum atomic E-state index is -0.649. The molecule has 2 aromatic rings. The Balaban J connectivity index is 1.55. The van der Waals surface area contributed by atoms with E-state index >= 15 is 0 Å². The van der Waals surface area contributed by atoms with E-state index in [1.807, 2.05) is 0 Å². The van der Waals surface area contributed by atoms with E-state index in [0.29, 0.717) is 11.6 Å². The maximum absolute atomic E-state index is 12.7. The minimum absolute atomic E-state index is 0.128. The predicted molar refractivity (Wildman–Crippen MR) is 97.2 cm³/mol. The zero-order chi connectivity index (χ0) is 19.0. The summed E-state index contributed by atoms with van der Waals surface area (Å²) in [7, 11) is 0. The lowest BCUT2D eigenvalue weighted by Crippen LogP contribution is -2.36. The summed E-state index contributed by atoms with van der Waals surface area (Å²) in [6, 6.07) is 10.9. The summed E-state index contributed by atoms with van der Waals surface area (Å²) in [5.41, 5.74) is 0.660. The Hall–Kier alpha value is -2.70. The maximum Gasteiger partial charge on any atom is 0.343 e. The molecule has 4 rings (SSSR count). The molecule has 7 heteroatoms. The molecule has 27 heavy (non-hydrogen) atoms. The van der Waals surface area contributed by atoms with Crippen molar-refractivity contribution in [1.82, 2.24) is 4.90 Å². The average molecular weight is 386 g/mol. The molecule has 2 aliphatic rings. The third kappa shape index (κ3) is 3.34. The van der Waals surface area contributed by atoms with Crippen molar-refractivity contribution in [3.63, 3.8) is 0 Å². The summed E-state index contributed by atoms with van der Waals surface area (Å²) >= 11 is 6.00. The molecule has 2 aromatic carbocycles. The summed E-state index contributed by atoms with van der Waals surface area (Å²) in [4.78, 5) is 38.8. The van der Waals surface area contributed by atoms with Crippen LogP contribution in [0, 0.1) is 0 Å². The van der Waals surface area contributed by atoms with Crippen LogP contribution >= 0.6 is 11.6 Å². The number of amides is 2. The predicted octanol–water partition coefficient (Wildman–Crippen LogP) is 3.33. The van der Waals surface area contributed by atoms with Gasteiger partial charge in [0.2, 0.25) is 0 Å². The van der Waals surface area contributed by atoms with E-state index in [1.54, 1.807) is 24.3 Å². The highest BCUT2D eigenvalue weighted by atomic mass is 35.5. The third-order valence-corrected chi connectivity index (χ3v) is 4.97. The number of rotatable bonds is 4. The fourth-order valence-corrected chi connectivity index (χ4v) is 3.44. The highest BCUT2D eigenvalue weighted by Crippen LogP contribution is 2.28. The Morgan fingerprint density at radius 2 is 1.93 bits per heavy atom. The number of carbonyl (C=O) groups excluding carboxylic acids is 3. The second-order valence-electron chi connectivity index (χ2n) is 6.44. The molecule has 0 radical (unpaired) electrons. The molecule has 2 heterocycles. The van der Waals surface area contributed by atoms with Gasteiger partial charge in [-0.1, -0.05) is 23.7 Å². The van der Waals surface area contributed by atoms with Gasteiger partial charge in [0.05, 0.1) is 34.4 Å². The van der Waals surface area contributed by atoms with Crippen LogP contribution in [0.1, 0.15) is 43.9 Å². The minimum Gasteiger partial charge on any atom is -0.421 e. The molecule has 2 amide bonds. The second kappa shape index (κ2) is 7.13. The molecule has 0 saturated carbocycles. The Morgan fingerprint density at radius 3 is 2.67 bits per heavy atom. The van der Waals surface area contributed by atoms with Crippen LogP contribution in [0.3, 0.4) is 0 Å². The lowest BCUT2D eigenvalue weighted by atomic mass is 10.1. The number of hydrogen-bond donors (Lipinski definition) is 0. The first-order chi connectivity index (χ1) is 13.0. The molecule has 0 aromatic heterocycles. The monoisotopic (exact) mass is 385 g/mol. The van der Waals surface area contributed by atoms with E-state index in [-0.39, 0.29) is 41.0 Å². The highest BCUT2D eigenvalue weighted by Gasteiger charge is 2.38. The van der Waals surface area contributed by atoms with E-state index in [4.69, 9.17) is 21.1 Å². The van der Waals surface area contributed by atoms with Crippen LogP contribution in [-0.2, 0) is 4.74 Å². The first kappa shape index (κ1) is 17.7. The van der Waals surface area contributed by atoms with Crippen molar-refractivity contribution in [1.29, 1.82) is 0 Å². The number of benzene rings is 2. The lowest BCUT2D eigenvalue weighted by molar-refractivity contribution is 0.0475. The zero-order valence-corrected chi connectivity index (χ0v) is 15.1. The molecular weight excluding hydrogens is 370 g/mol. The number of imide groups is 1. The van der Waals surface area contributed by atoms with Crippen molar-refractivity contribution in [2.75, 3.05) is 13.2 Å². The molecule has 0 aliphatic carbocycles. The molecule has 6 nitrogen and oxygen atoms in total. The van der Waals surface area contributed by atoms with Crippen molar-refractivity contribution < 1.29 is 23.9 Å². The molecule has 138 valence electrons. The van der Waals surface area contributed by atoms with Gasteiger partial charge in [0.1, 0.15) is 5.75 Å². The normalized spacial score (nSPS) is 18.7. The van der Waals surface area contributed by atoms with Crippen LogP contribution < -0.4 is 4.74 Å². The van der Waals surface area contributed by atoms with Crippen LogP contribution in [-0.4, -0.2) is 41.9 Å². The number of para-hydroxylation sites is 1. The fraction of sp³-hybridized carbons (Fsp3) is 0.250. The first-order valence-electron chi connectivity index (χ1n) is 8.63. The summed E-state index contributed by atoms with van der Waals surface area (Å²) in [5.74, 6) is -1.20. The number of carbonyl (C=O) groups is 3. The quantitative estimate of drug-likeness (QED) is 0.458. The summed E-state index contributed by atoms with van der Waals surface area (Å²) < 4.78 is 10.8. The fourth-order valence-electron chi connectivity index (χ4n) is 3.26. The van der Waals surface area contributed by atoms with Gasteiger partial charge in [-0.05, 0) is 43.2 Å². The van der Waals surface area contributed by atoms with E-state index < -0.39 is 11.9 Å². The number of fused-ring (bicyclic) bond motifs is 1. The van der Waals surface area contributed by atoms with Gasteiger partial charge in [0.15, 0.2) is 0 Å². The summed E-state index contributed by atoms with van der Waals surface area (Å²) in [6.45, 7) is 0.873. The third-order valence-electron chi connectivity index (χ3n) is 4.66. The van der Waals surface area contributed by atoms with Crippen LogP contribution in [0.5, 0.6) is 5.75 Å². The number of esters is 1. The van der Waals surface area contributed by atoms with Crippen molar-refractivity contribution in [2.24, 2.45) is 0 Å². The molecule has 2 aliphatic heterocycles. The summed E-state index contributed by atoms with van der Waals surface area (Å²) in [6.07, 6.45) is 1.62. The number of ether oxygens (including phenoxy) is 2. The van der Waals surface area contributed by atoms with Gasteiger partial charge in [0.25, 0.3) is 11.8 Å². The van der Waals surface area contributed by atoms with E-state index in [1.165, 1.54) is 23.1 Å². The van der Waals surface area contributed by atoms with Crippen LogP contribution in [0.4, 0.5) is 0 Å². The van der Waals surface area contributed by atoms with Gasteiger partial charge in [-0.25, -0.2) is 4.79 Å². The molecule has 0 bridgehead atoms. The largest absolute Gasteiger partial charge is 0.421 e. The Labute approximate surface area is 160 Å². The van der Waals surface area contributed by atoms with E-state index in [2.05, 4.69) is 0 Å². The standard InChI is InChI=1S/C20H16ClNO5/c21-16-5-1-2-6-17(16)27-20(25)12-7-8-14-15(10-12)19(24)22(18(14)23)11-13-4-3-9-26-13/h1-2,5-8,10,13H,3-4,9,11H2. The second-order valence-corrected chi connectivity index (χ2v) is 6.84. The van der Waals surface area contributed by atoms with E-state index in [9.17, 15) is 14.4 Å².